The standard InChI is InChI=1S/C22H25N3O3/c23-17-5-3-4-15(12-17)19-8-7-16(13-20(19)25(27)28)21(26)24-18-6-1-2-9-22(14-18)10-11-22/h3-5,7-8,12-13,18H,1-2,6,9-11,14,23H2,(H,24,26). The van der Waals surface area contributed by atoms with E-state index in [-0.39, 0.29) is 17.6 Å². The number of nitro groups is 1. The number of hydrogen-bond acceptors (Lipinski definition) is 4. The molecule has 0 saturated heterocycles. The smallest absolute Gasteiger partial charge is 0.277 e. The van der Waals surface area contributed by atoms with Crippen molar-refractivity contribution in [3.05, 3.63) is 58.1 Å². The van der Waals surface area contributed by atoms with Gasteiger partial charge in [0.25, 0.3) is 11.6 Å². The molecule has 6 heteroatoms. The molecule has 0 bridgehead atoms. The Morgan fingerprint density at radius 1 is 1.14 bits per heavy atom. The highest BCUT2D eigenvalue weighted by Crippen LogP contribution is 2.55. The predicted octanol–water partition coefficient (Wildman–Crippen LogP) is 4.69. The molecule has 2 aromatic carbocycles. The number of carbonyl (C=O) groups excluding carboxylic acids is 1. The van der Waals surface area contributed by atoms with Crippen LogP contribution in [0.3, 0.4) is 0 Å². The maximum Gasteiger partial charge on any atom is 0.277 e. The molecule has 0 heterocycles. The number of benzene rings is 2. The van der Waals surface area contributed by atoms with Gasteiger partial charge in [-0.15, -0.1) is 0 Å². The fourth-order valence-electron chi connectivity index (χ4n) is 4.41. The van der Waals surface area contributed by atoms with Crippen LogP contribution in [0.1, 0.15) is 55.3 Å². The van der Waals surface area contributed by atoms with Gasteiger partial charge in [-0.2, -0.15) is 0 Å². The van der Waals surface area contributed by atoms with Crippen molar-refractivity contribution in [3.8, 4) is 11.1 Å². The lowest BCUT2D eigenvalue weighted by molar-refractivity contribution is -0.384. The Balaban J connectivity index is 1.57. The van der Waals surface area contributed by atoms with E-state index in [1.54, 1.807) is 36.4 Å². The summed E-state index contributed by atoms with van der Waals surface area (Å²) in [6, 6.07) is 11.8. The average molecular weight is 379 g/mol. The van der Waals surface area contributed by atoms with Gasteiger partial charge in [0.2, 0.25) is 0 Å². The number of anilines is 1. The number of nitrogen functional groups attached to an aromatic ring is 1. The lowest BCUT2D eigenvalue weighted by atomic mass is 9.94. The first-order valence-electron chi connectivity index (χ1n) is 9.91. The topological polar surface area (TPSA) is 98.3 Å². The number of nitrogens with one attached hydrogen (secondary N) is 1. The molecular weight excluding hydrogens is 354 g/mol. The Labute approximate surface area is 164 Å². The highest BCUT2D eigenvalue weighted by molar-refractivity contribution is 5.96. The normalized spacial score (nSPS) is 20.4. The van der Waals surface area contributed by atoms with Gasteiger partial charge < -0.3 is 11.1 Å². The van der Waals surface area contributed by atoms with Crippen LogP contribution in [0.15, 0.2) is 42.5 Å². The monoisotopic (exact) mass is 379 g/mol. The van der Waals surface area contributed by atoms with Crippen LogP contribution in [-0.2, 0) is 0 Å². The number of carbonyl (C=O) groups is 1. The van der Waals surface area contributed by atoms with Crippen LogP contribution in [0.5, 0.6) is 0 Å². The summed E-state index contributed by atoms with van der Waals surface area (Å²) in [5, 5.41) is 14.8. The fraction of sp³-hybridized carbons (Fsp3) is 0.409. The molecule has 2 fully saturated rings. The molecule has 3 N–H and O–H groups in total. The van der Waals surface area contributed by atoms with Crippen molar-refractivity contribution >= 4 is 17.3 Å². The van der Waals surface area contributed by atoms with Gasteiger partial charge in [-0.05, 0) is 67.3 Å². The Bertz CT molecular complexity index is 921. The van der Waals surface area contributed by atoms with E-state index in [1.165, 1.54) is 31.7 Å². The average Bonchev–Trinajstić information content (AvgIpc) is 3.47. The highest BCUT2D eigenvalue weighted by atomic mass is 16.6. The van der Waals surface area contributed by atoms with Crippen molar-refractivity contribution in [2.75, 3.05) is 5.73 Å². The summed E-state index contributed by atoms with van der Waals surface area (Å²) < 4.78 is 0. The number of amides is 1. The third kappa shape index (κ3) is 3.86. The third-order valence-corrected chi connectivity index (χ3v) is 6.14. The minimum Gasteiger partial charge on any atom is -0.399 e. The van der Waals surface area contributed by atoms with Crippen molar-refractivity contribution < 1.29 is 9.72 Å². The molecule has 0 radical (unpaired) electrons. The molecule has 0 aromatic heterocycles. The summed E-state index contributed by atoms with van der Waals surface area (Å²) in [6.45, 7) is 0. The second-order valence-electron chi connectivity index (χ2n) is 8.23. The van der Waals surface area contributed by atoms with E-state index in [0.717, 1.165) is 19.3 Å². The van der Waals surface area contributed by atoms with Gasteiger partial charge in [0.15, 0.2) is 0 Å². The molecule has 1 unspecified atom stereocenters. The maximum absolute atomic E-state index is 12.8. The summed E-state index contributed by atoms with van der Waals surface area (Å²) in [6.07, 6.45) is 8.16. The summed E-state index contributed by atoms with van der Waals surface area (Å²) in [5.41, 5.74) is 8.16. The summed E-state index contributed by atoms with van der Waals surface area (Å²) in [7, 11) is 0. The van der Waals surface area contributed by atoms with E-state index < -0.39 is 4.92 Å². The van der Waals surface area contributed by atoms with E-state index in [1.807, 2.05) is 0 Å². The molecule has 1 amide bonds. The first-order valence-corrected chi connectivity index (χ1v) is 9.91. The van der Waals surface area contributed by atoms with Crippen LogP contribution in [-0.4, -0.2) is 16.9 Å². The van der Waals surface area contributed by atoms with E-state index in [2.05, 4.69) is 5.32 Å². The molecule has 2 saturated carbocycles. The molecule has 1 spiro atoms. The van der Waals surface area contributed by atoms with Crippen LogP contribution >= 0.6 is 0 Å². The first kappa shape index (κ1) is 18.5. The number of hydrogen-bond donors (Lipinski definition) is 2. The van der Waals surface area contributed by atoms with Crippen molar-refractivity contribution in [2.24, 2.45) is 5.41 Å². The van der Waals surface area contributed by atoms with Gasteiger partial charge in [-0.1, -0.05) is 25.0 Å². The molecule has 2 aliphatic rings. The van der Waals surface area contributed by atoms with Gasteiger partial charge in [-0.3, -0.25) is 14.9 Å². The van der Waals surface area contributed by atoms with Crippen molar-refractivity contribution in [1.29, 1.82) is 0 Å². The third-order valence-electron chi connectivity index (χ3n) is 6.14. The number of nitrogens with two attached hydrogens (primary N) is 1. The molecule has 146 valence electrons. The van der Waals surface area contributed by atoms with Crippen LogP contribution < -0.4 is 11.1 Å². The minimum atomic E-state index is -0.444. The molecule has 4 rings (SSSR count). The van der Waals surface area contributed by atoms with Gasteiger partial charge >= 0.3 is 0 Å². The van der Waals surface area contributed by atoms with Crippen molar-refractivity contribution in [2.45, 2.75) is 51.0 Å². The lowest BCUT2D eigenvalue weighted by Gasteiger charge is -2.20. The second kappa shape index (κ2) is 7.26. The van der Waals surface area contributed by atoms with E-state index in [4.69, 9.17) is 5.73 Å². The molecule has 0 aliphatic heterocycles. The van der Waals surface area contributed by atoms with Gasteiger partial charge in [0.1, 0.15) is 0 Å². The van der Waals surface area contributed by atoms with Gasteiger partial charge in [0, 0.05) is 23.4 Å². The zero-order valence-electron chi connectivity index (χ0n) is 15.8. The molecule has 1 atom stereocenters. The maximum atomic E-state index is 12.8. The summed E-state index contributed by atoms with van der Waals surface area (Å²) >= 11 is 0. The SMILES string of the molecule is Nc1cccc(-c2ccc(C(=O)NC3CCCCC4(CC4)C3)cc2[N+](=O)[O-])c1. The molecule has 28 heavy (non-hydrogen) atoms. The van der Waals surface area contributed by atoms with Gasteiger partial charge in [0.05, 0.1) is 10.5 Å². The lowest BCUT2D eigenvalue weighted by Crippen LogP contribution is -2.35. The fourth-order valence-corrected chi connectivity index (χ4v) is 4.41. The zero-order chi connectivity index (χ0) is 19.7. The number of nitro benzene ring substituents is 1. The Kier molecular flexibility index (Phi) is 4.79. The van der Waals surface area contributed by atoms with Crippen LogP contribution in [0.25, 0.3) is 11.1 Å². The Morgan fingerprint density at radius 2 is 1.96 bits per heavy atom. The number of nitrogens with zero attached hydrogens (tertiary/aromatic N) is 1. The van der Waals surface area contributed by atoms with E-state index in [0.29, 0.717) is 27.8 Å². The summed E-state index contributed by atoms with van der Waals surface area (Å²) in [5.74, 6) is -0.232. The van der Waals surface area contributed by atoms with Crippen molar-refractivity contribution in [3.63, 3.8) is 0 Å². The van der Waals surface area contributed by atoms with Crippen LogP contribution in [0, 0.1) is 15.5 Å². The van der Waals surface area contributed by atoms with E-state index in [9.17, 15) is 14.9 Å². The Hall–Kier alpha value is -2.89. The molecular formula is C22H25N3O3. The highest BCUT2D eigenvalue weighted by Gasteiger charge is 2.44. The van der Waals surface area contributed by atoms with Crippen molar-refractivity contribution in [1.82, 2.24) is 5.32 Å². The van der Waals surface area contributed by atoms with Gasteiger partial charge in [-0.25, -0.2) is 0 Å². The predicted molar refractivity (Wildman–Crippen MR) is 109 cm³/mol. The largest absolute Gasteiger partial charge is 0.399 e. The quantitative estimate of drug-likeness (QED) is 0.457. The zero-order valence-corrected chi connectivity index (χ0v) is 15.8. The number of rotatable bonds is 4. The van der Waals surface area contributed by atoms with Crippen LogP contribution in [0.4, 0.5) is 11.4 Å². The minimum absolute atomic E-state index is 0.0854. The molecule has 6 nitrogen and oxygen atoms in total. The summed E-state index contributed by atoms with van der Waals surface area (Å²) in [4.78, 5) is 24.0. The van der Waals surface area contributed by atoms with E-state index >= 15 is 0 Å². The first-order chi connectivity index (χ1) is 13.5. The molecule has 2 aliphatic carbocycles. The Morgan fingerprint density at radius 3 is 2.68 bits per heavy atom. The van der Waals surface area contributed by atoms with Crippen LogP contribution in [0.2, 0.25) is 0 Å². The second-order valence-corrected chi connectivity index (χ2v) is 8.23. The molecule has 2 aromatic rings.